The number of carbonyl (C=O) groups excluding carboxylic acids is 1. The van der Waals surface area contributed by atoms with Gasteiger partial charge in [-0.25, -0.2) is 0 Å². The first-order valence-electron chi connectivity index (χ1n) is 6.70. The first-order chi connectivity index (χ1) is 9.04. The van der Waals surface area contributed by atoms with Gasteiger partial charge < -0.3 is 15.4 Å². The summed E-state index contributed by atoms with van der Waals surface area (Å²) in [6.45, 7) is 7.74. The Morgan fingerprint density at radius 3 is 2.68 bits per heavy atom. The molecule has 1 aromatic rings. The Morgan fingerprint density at radius 2 is 2.11 bits per heavy atom. The Bertz CT molecular complexity index is 485. The van der Waals surface area contributed by atoms with E-state index in [1.165, 1.54) is 0 Å². The van der Waals surface area contributed by atoms with Gasteiger partial charge in [0.15, 0.2) is 0 Å². The lowest BCUT2D eigenvalue weighted by Gasteiger charge is -2.17. The van der Waals surface area contributed by atoms with Crippen molar-refractivity contribution in [2.75, 3.05) is 25.5 Å². The number of aryl methyl sites for hydroxylation is 1. The highest BCUT2D eigenvalue weighted by atomic mass is 16.5. The van der Waals surface area contributed by atoms with Crippen molar-refractivity contribution < 1.29 is 9.53 Å². The molecule has 104 valence electrons. The van der Waals surface area contributed by atoms with Crippen LogP contribution in [0.1, 0.15) is 18.1 Å². The SMILES string of the molecule is COc1c(C)ccc(NC(=O)C2CNCC2C)c1C. The number of benzene rings is 1. The zero-order valence-electron chi connectivity index (χ0n) is 12.0. The molecule has 0 aromatic heterocycles. The van der Waals surface area contributed by atoms with Gasteiger partial charge in [-0.1, -0.05) is 13.0 Å². The average Bonchev–Trinajstić information content (AvgIpc) is 2.80. The minimum atomic E-state index is 0.0479. The van der Waals surface area contributed by atoms with E-state index in [9.17, 15) is 4.79 Å². The van der Waals surface area contributed by atoms with E-state index in [-0.39, 0.29) is 11.8 Å². The van der Waals surface area contributed by atoms with Gasteiger partial charge in [-0.05, 0) is 37.9 Å². The molecule has 4 heteroatoms. The lowest BCUT2D eigenvalue weighted by molar-refractivity contribution is -0.120. The predicted octanol–water partition coefficient (Wildman–Crippen LogP) is 2.11. The number of carbonyl (C=O) groups is 1. The van der Waals surface area contributed by atoms with Gasteiger partial charge in [0.25, 0.3) is 0 Å². The number of methoxy groups -OCH3 is 1. The summed E-state index contributed by atoms with van der Waals surface area (Å²) in [7, 11) is 1.66. The summed E-state index contributed by atoms with van der Waals surface area (Å²) in [6.07, 6.45) is 0. The highest BCUT2D eigenvalue weighted by Gasteiger charge is 2.29. The fourth-order valence-corrected chi connectivity index (χ4v) is 2.66. The monoisotopic (exact) mass is 262 g/mol. The maximum absolute atomic E-state index is 12.3. The van der Waals surface area contributed by atoms with E-state index in [0.717, 1.165) is 35.7 Å². The van der Waals surface area contributed by atoms with Gasteiger partial charge in [0.1, 0.15) is 5.75 Å². The Morgan fingerprint density at radius 1 is 1.37 bits per heavy atom. The number of hydrogen-bond donors (Lipinski definition) is 2. The molecule has 2 N–H and O–H groups in total. The van der Waals surface area contributed by atoms with E-state index in [1.807, 2.05) is 26.0 Å². The van der Waals surface area contributed by atoms with E-state index in [2.05, 4.69) is 17.6 Å². The molecule has 1 heterocycles. The van der Waals surface area contributed by atoms with E-state index in [0.29, 0.717) is 5.92 Å². The molecule has 2 unspecified atom stereocenters. The molecule has 1 aliphatic rings. The second-order valence-electron chi connectivity index (χ2n) is 5.32. The highest BCUT2D eigenvalue weighted by molar-refractivity contribution is 5.94. The molecule has 1 aromatic carbocycles. The molecule has 0 radical (unpaired) electrons. The van der Waals surface area contributed by atoms with Crippen LogP contribution in [0.15, 0.2) is 12.1 Å². The van der Waals surface area contributed by atoms with Gasteiger partial charge in [0, 0.05) is 17.8 Å². The van der Waals surface area contributed by atoms with Gasteiger partial charge in [-0.15, -0.1) is 0 Å². The number of rotatable bonds is 3. The van der Waals surface area contributed by atoms with Crippen molar-refractivity contribution in [3.05, 3.63) is 23.3 Å². The van der Waals surface area contributed by atoms with Crippen molar-refractivity contribution in [3.63, 3.8) is 0 Å². The number of nitrogens with one attached hydrogen (secondary N) is 2. The molecule has 19 heavy (non-hydrogen) atoms. The molecule has 1 saturated heterocycles. The topological polar surface area (TPSA) is 50.4 Å². The Balaban J connectivity index is 2.17. The molecule has 2 rings (SSSR count). The number of hydrogen-bond acceptors (Lipinski definition) is 3. The lowest BCUT2D eigenvalue weighted by Crippen LogP contribution is -2.28. The highest BCUT2D eigenvalue weighted by Crippen LogP contribution is 2.30. The summed E-state index contributed by atoms with van der Waals surface area (Å²) < 4.78 is 5.38. The first kappa shape index (κ1) is 13.9. The first-order valence-corrected chi connectivity index (χ1v) is 6.70. The van der Waals surface area contributed by atoms with Gasteiger partial charge in [0.05, 0.1) is 13.0 Å². The van der Waals surface area contributed by atoms with Crippen LogP contribution in [0.5, 0.6) is 5.75 Å². The van der Waals surface area contributed by atoms with Crippen LogP contribution >= 0.6 is 0 Å². The van der Waals surface area contributed by atoms with Crippen LogP contribution in [0.2, 0.25) is 0 Å². The van der Waals surface area contributed by atoms with Crippen LogP contribution in [0.3, 0.4) is 0 Å². The largest absolute Gasteiger partial charge is 0.496 e. The molecule has 0 spiro atoms. The average molecular weight is 262 g/mol. The molecule has 0 aliphatic carbocycles. The summed E-state index contributed by atoms with van der Waals surface area (Å²) in [5.74, 6) is 1.36. The van der Waals surface area contributed by atoms with Crippen molar-refractivity contribution in [3.8, 4) is 5.75 Å². The summed E-state index contributed by atoms with van der Waals surface area (Å²) in [6, 6.07) is 3.91. The maximum Gasteiger partial charge on any atom is 0.229 e. The lowest BCUT2D eigenvalue weighted by atomic mass is 9.97. The number of anilines is 1. The van der Waals surface area contributed by atoms with Gasteiger partial charge in [-0.2, -0.15) is 0 Å². The maximum atomic E-state index is 12.3. The third-order valence-corrected chi connectivity index (χ3v) is 3.92. The van der Waals surface area contributed by atoms with Gasteiger partial charge in [-0.3, -0.25) is 4.79 Å². The minimum absolute atomic E-state index is 0.0479. The van der Waals surface area contributed by atoms with Gasteiger partial charge in [0.2, 0.25) is 5.91 Å². The zero-order valence-corrected chi connectivity index (χ0v) is 12.0. The summed E-state index contributed by atoms with van der Waals surface area (Å²) in [5.41, 5.74) is 2.90. The Kier molecular flexibility index (Phi) is 4.10. The molecule has 0 bridgehead atoms. The fourth-order valence-electron chi connectivity index (χ4n) is 2.66. The molecule has 1 amide bonds. The van der Waals surface area contributed by atoms with Crippen LogP contribution < -0.4 is 15.4 Å². The van der Waals surface area contributed by atoms with E-state index < -0.39 is 0 Å². The quantitative estimate of drug-likeness (QED) is 0.877. The van der Waals surface area contributed by atoms with Crippen molar-refractivity contribution >= 4 is 11.6 Å². The summed E-state index contributed by atoms with van der Waals surface area (Å²) >= 11 is 0. The molecule has 1 fully saturated rings. The van der Waals surface area contributed by atoms with Crippen LogP contribution in [-0.2, 0) is 4.79 Å². The Hall–Kier alpha value is -1.55. The van der Waals surface area contributed by atoms with Crippen molar-refractivity contribution in [2.45, 2.75) is 20.8 Å². The van der Waals surface area contributed by atoms with Gasteiger partial charge >= 0.3 is 0 Å². The summed E-state index contributed by atoms with van der Waals surface area (Å²) in [5, 5.41) is 6.28. The second kappa shape index (κ2) is 5.61. The number of amides is 1. The number of ether oxygens (including phenoxy) is 1. The van der Waals surface area contributed by atoms with Crippen molar-refractivity contribution in [1.29, 1.82) is 0 Å². The van der Waals surface area contributed by atoms with Crippen LogP contribution in [-0.4, -0.2) is 26.1 Å². The second-order valence-corrected chi connectivity index (χ2v) is 5.32. The summed E-state index contributed by atoms with van der Waals surface area (Å²) in [4.78, 5) is 12.3. The van der Waals surface area contributed by atoms with E-state index in [4.69, 9.17) is 4.74 Å². The molecule has 0 saturated carbocycles. The standard InChI is InChI=1S/C15H22N2O2/c1-9-5-6-13(11(3)14(9)19-4)17-15(18)12-8-16-7-10(12)2/h5-6,10,12,16H,7-8H2,1-4H3,(H,17,18). The van der Waals surface area contributed by atoms with Crippen LogP contribution in [0.25, 0.3) is 0 Å². The van der Waals surface area contributed by atoms with Crippen LogP contribution in [0.4, 0.5) is 5.69 Å². The van der Waals surface area contributed by atoms with E-state index >= 15 is 0 Å². The van der Waals surface area contributed by atoms with Crippen LogP contribution in [0, 0.1) is 25.7 Å². The smallest absolute Gasteiger partial charge is 0.229 e. The molecule has 4 nitrogen and oxygen atoms in total. The van der Waals surface area contributed by atoms with Crippen molar-refractivity contribution in [2.24, 2.45) is 11.8 Å². The molecular formula is C15H22N2O2. The van der Waals surface area contributed by atoms with Crippen molar-refractivity contribution in [1.82, 2.24) is 5.32 Å². The normalized spacial score (nSPS) is 22.3. The molecule has 1 aliphatic heterocycles. The predicted molar refractivity (Wildman–Crippen MR) is 76.6 cm³/mol. The third-order valence-electron chi connectivity index (χ3n) is 3.92. The fraction of sp³-hybridized carbons (Fsp3) is 0.533. The molecular weight excluding hydrogens is 240 g/mol. The zero-order chi connectivity index (χ0) is 14.0. The van der Waals surface area contributed by atoms with E-state index in [1.54, 1.807) is 7.11 Å². The third kappa shape index (κ3) is 2.73. The molecule has 2 atom stereocenters. The Labute approximate surface area is 114 Å². The minimum Gasteiger partial charge on any atom is -0.496 e.